The Labute approximate surface area is 292 Å². The SMILES string of the molecule is C=CC1O[C@@H](CC)C(C)(C)[C@H]([C@@H](O)/C(C)=C(\C)[C@H](C)OC(=O)[C@@H]2OC(c3ccc(OC)cc3OC)N(C(=O)OC(C)(C)C)[C@H]2CC(C)C)O1. The number of nitrogens with zero attached hydrogens (tertiary/aromatic N) is 1. The monoisotopic (exact) mass is 689 g/mol. The Morgan fingerprint density at radius 1 is 1.06 bits per heavy atom. The van der Waals surface area contributed by atoms with E-state index < -0.39 is 66.1 Å². The van der Waals surface area contributed by atoms with E-state index in [2.05, 4.69) is 6.58 Å². The maximum Gasteiger partial charge on any atom is 0.413 e. The lowest BCUT2D eigenvalue weighted by Crippen LogP contribution is -2.56. The van der Waals surface area contributed by atoms with E-state index in [1.54, 1.807) is 59.1 Å². The number of aliphatic hydroxyl groups excluding tert-OH is 1. The van der Waals surface area contributed by atoms with Crippen LogP contribution in [0.25, 0.3) is 0 Å². The van der Waals surface area contributed by atoms with Gasteiger partial charge >= 0.3 is 12.1 Å². The number of rotatable bonds is 12. The minimum Gasteiger partial charge on any atom is -0.497 e. The summed E-state index contributed by atoms with van der Waals surface area (Å²) in [6.45, 7) is 24.6. The van der Waals surface area contributed by atoms with E-state index in [-0.39, 0.29) is 12.0 Å². The Balaban J connectivity index is 1.97. The molecule has 2 aliphatic rings. The molecule has 2 aliphatic heterocycles. The van der Waals surface area contributed by atoms with Crippen molar-refractivity contribution in [3.8, 4) is 11.5 Å². The molecule has 0 bridgehead atoms. The van der Waals surface area contributed by atoms with Gasteiger partial charge in [0.15, 0.2) is 18.6 Å². The van der Waals surface area contributed by atoms with Crippen LogP contribution in [0, 0.1) is 11.3 Å². The molecule has 2 fully saturated rings. The number of hydrogen-bond donors (Lipinski definition) is 1. The summed E-state index contributed by atoms with van der Waals surface area (Å²) in [6, 6.07) is 4.48. The van der Waals surface area contributed by atoms with Crippen LogP contribution in [0.4, 0.5) is 4.79 Å². The molecule has 11 nitrogen and oxygen atoms in total. The quantitative estimate of drug-likeness (QED) is 0.179. The van der Waals surface area contributed by atoms with Gasteiger partial charge in [0, 0.05) is 17.0 Å². The first-order valence-electron chi connectivity index (χ1n) is 17.2. The van der Waals surface area contributed by atoms with Crippen LogP contribution in [-0.4, -0.2) is 84.7 Å². The number of amides is 1. The van der Waals surface area contributed by atoms with Crippen LogP contribution in [-0.2, 0) is 28.5 Å². The zero-order chi connectivity index (χ0) is 37.0. The van der Waals surface area contributed by atoms with Crippen molar-refractivity contribution < 1.29 is 47.9 Å². The topological polar surface area (TPSA) is 122 Å². The third kappa shape index (κ3) is 9.17. The van der Waals surface area contributed by atoms with E-state index in [1.165, 1.54) is 12.0 Å². The fourth-order valence-electron chi connectivity index (χ4n) is 6.54. The van der Waals surface area contributed by atoms with Gasteiger partial charge in [-0.3, -0.25) is 4.90 Å². The van der Waals surface area contributed by atoms with Gasteiger partial charge in [0.05, 0.1) is 32.5 Å². The molecule has 1 aromatic carbocycles. The van der Waals surface area contributed by atoms with Crippen molar-refractivity contribution in [2.45, 2.75) is 144 Å². The second-order valence-electron chi connectivity index (χ2n) is 15.0. The van der Waals surface area contributed by atoms with Gasteiger partial charge in [-0.15, -0.1) is 0 Å². The summed E-state index contributed by atoms with van der Waals surface area (Å²) in [6.07, 6.45) is -3.14. The molecule has 0 radical (unpaired) electrons. The average molecular weight is 690 g/mol. The predicted octanol–water partition coefficient (Wildman–Crippen LogP) is 7.11. The molecule has 0 aliphatic carbocycles. The molecular formula is C38H59NO10. The summed E-state index contributed by atoms with van der Waals surface area (Å²) >= 11 is 0. The van der Waals surface area contributed by atoms with Crippen LogP contribution >= 0.6 is 0 Å². The minimum absolute atomic E-state index is 0.0935. The van der Waals surface area contributed by atoms with Gasteiger partial charge in [0.1, 0.15) is 29.3 Å². The van der Waals surface area contributed by atoms with Gasteiger partial charge in [0.25, 0.3) is 0 Å². The molecule has 2 saturated heterocycles. The highest BCUT2D eigenvalue weighted by atomic mass is 16.7. The molecule has 1 N–H and O–H groups in total. The highest BCUT2D eigenvalue weighted by Gasteiger charge is 2.52. The summed E-state index contributed by atoms with van der Waals surface area (Å²) in [5.74, 6) is 0.444. The standard InChI is InChI=1S/C38H59NO10/c1-15-29-38(11,12)33(47-30(16-2)46-29)31(40)23(6)22(5)24(7)45-35(41)32-27(19-21(3)4)39(36(42)49-37(8,9)10)34(48-32)26-18-17-25(43-13)20-28(26)44-14/h16-18,20-21,24,27,29-34,40H,2,15,19H2,1,3-14H3/b23-22+/t24-,27-,29-,30?,31-,32+,33-,34?/m0/s1. The highest BCUT2D eigenvalue weighted by molar-refractivity contribution is 5.79. The summed E-state index contributed by atoms with van der Waals surface area (Å²) in [4.78, 5) is 29.4. The molecule has 0 saturated carbocycles. The molecule has 1 aromatic rings. The Kier molecular flexibility index (Phi) is 13.4. The molecule has 0 aromatic heterocycles. The van der Waals surface area contributed by atoms with Gasteiger partial charge < -0.3 is 38.3 Å². The lowest BCUT2D eigenvalue weighted by atomic mass is 9.74. The van der Waals surface area contributed by atoms with E-state index in [0.717, 1.165) is 6.42 Å². The van der Waals surface area contributed by atoms with Crippen molar-refractivity contribution in [3.05, 3.63) is 47.6 Å². The first kappa shape index (κ1) is 40.3. The zero-order valence-corrected chi connectivity index (χ0v) is 31.7. The molecule has 3 rings (SSSR count). The smallest absolute Gasteiger partial charge is 0.413 e. The van der Waals surface area contributed by atoms with E-state index in [1.807, 2.05) is 48.5 Å². The summed E-state index contributed by atoms with van der Waals surface area (Å²) in [7, 11) is 3.07. The van der Waals surface area contributed by atoms with Crippen LogP contribution in [0.2, 0.25) is 0 Å². The van der Waals surface area contributed by atoms with Crippen molar-refractivity contribution in [1.82, 2.24) is 4.90 Å². The third-order valence-corrected chi connectivity index (χ3v) is 9.45. The van der Waals surface area contributed by atoms with Crippen LogP contribution in [0.1, 0.15) is 101 Å². The number of ether oxygens (including phenoxy) is 7. The third-order valence-electron chi connectivity index (χ3n) is 9.45. The van der Waals surface area contributed by atoms with Gasteiger partial charge in [-0.25, -0.2) is 9.59 Å². The van der Waals surface area contributed by atoms with E-state index in [4.69, 9.17) is 33.2 Å². The lowest BCUT2D eigenvalue weighted by Gasteiger charge is -2.49. The number of methoxy groups -OCH3 is 2. The Morgan fingerprint density at radius 2 is 1.71 bits per heavy atom. The van der Waals surface area contributed by atoms with Crippen LogP contribution < -0.4 is 9.47 Å². The van der Waals surface area contributed by atoms with Crippen molar-refractivity contribution in [1.29, 1.82) is 0 Å². The van der Waals surface area contributed by atoms with Gasteiger partial charge in [0.2, 0.25) is 0 Å². The Bertz CT molecular complexity index is 1350. The predicted molar refractivity (Wildman–Crippen MR) is 186 cm³/mol. The molecule has 276 valence electrons. The number of aliphatic hydroxyl groups is 1. The Morgan fingerprint density at radius 3 is 2.24 bits per heavy atom. The second-order valence-corrected chi connectivity index (χ2v) is 15.0. The fourth-order valence-corrected chi connectivity index (χ4v) is 6.54. The number of carbonyl (C=O) groups is 2. The maximum absolute atomic E-state index is 14.1. The molecule has 2 heterocycles. The van der Waals surface area contributed by atoms with E-state index >= 15 is 0 Å². The van der Waals surface area contributed by atoms with Crippen LogP contribution in [0.15, 0.2) is 42.0 Å². The minimum atomic E-state index is -1.14. The van der Waals surface area contributed by atoms with Crippen molar-refractivity contribution in [2.75, 3.05) is 14.2 Å². The Hall–Kier alpha value is -3.12. The van der Waals surface area contributed by atoms with Crippen molar-refractivity contribution >= 4 is 12.1 Å². The van der Waals surface area contributed by atoms with Crippen LogP contribution in [0.3, 0.4) is 0 Å². The van der Waals surface area contributed by atoms with E-state index in [0.29, 0.717) is 34.6 Å². The normalized spacial score (nSPS) is 27.2. The van der Waals surface area contributed by atoms with Gasteiger partial charge in [-0.1, -0.05) is 41.2 Å². The number of benzene rings is 1. The average Bonchev–Trinajstić information content (AvgIpc) is 3.40. The van der Waals surface area contributed by atoms with Gasteiger partial charge in [-0.05, 0) is 89.7 Å². The second kappa shape index (κ2) is 16.3. The highest BCUT2D eigenvalue weighted by Crippen LogP contribution is 2.44. The van der Waals surface area contributed by atoms with Crippen molar-refractivity contribution in [3.63, 3.8) is 0 Å². The van der Waals surface area contributed by atoms with E-state index in [9.17, 15) is 14.7 Å². The molecule has 49 heavy (non-hydrogen) atoms. The molecule has 0 spiro atoms. The zero-order valence-electron chi connectivity index (χ0n) is 31.7. The molecule has 8 atom stereocenters. The largest absolute Gasteiger partial charge is 0.497 e. The summed E-state index contributed by atoms with van der Waals surface area (Å²) in [5, 5.41) is 11.6. The summed E-state index contributed by atoms with van der Waals surface area (Å²) < 4.78 is 41.6. The number of hydrogen-bond acceptors (Lipinski definition) is 10. The van der Waals surface area contributed by atoms with Crippen LogP contribution in [0.5, 0.6) is 11.5 Å². The molecular weight excluding hydrogens is 630 g/mol. The summed E-state index contributed by atoms with van der Waals surface area (Å²) in [5.41, 5.74) is 0.515. The van der Waals surface area contributed by atoms with Crippen molar-refractivity contribution in [2.24, 2.45) is 11.3 Å². The maximum atomic E-state index is 14.1. The first-order valence-corrected chi connectivity index (χ1v) is 17.2. The number of esters is 1. The van der Waals surface area contributed by atoms with Gasteiger partial charge in [-0.2, -0.15) is 0 Å². The molecule has 1 amide bonds. The first-order chi connectivity index (χ1) is 22.8. The fraction of sp³-hybridized carbons (Fsp3) is 0.684. The lowest BCUT2D eigenvalue weighted by molar-refractivity contribution is -0.289. The molecule has 2 unspecified atom stereocenters. The number of carbonyl (C=O) groups excluding carboxylic acids is 2. The molecule has 11 heteroatoms.